The van der Waals surface area contributed by atoms with Crippen LogP contribution in [0.5, 0.6) is 0 Å². The molecule has 2 heterocycles. The van der Waals surface area contributed by atoms with E-state index in [2.05, 4.69) is 31.5 Å². The van der Waals surface area contributed by atoms with Crippen LogP contribution in [0.2, 0.25) is 0 Å². The van der Waals surface area contributed by atoms with Crippen molar-refractivity contribution in [3.8, 4) is 0 Å². The Morgan fingerprint density at radius 3 is 2.54 bits per heavy atom. The number of nitrogens with one attached hydrogen (secondary N) is 2. The summed E-state index contributed by atoms with van der Waals surface area (Å²) in [5, 5.41) is 5.56. The van der Waals surface area contributed by atoms with Gasteiger partial charge in [-0.05, 0) is 47.1 Å². The van der Waals surface area contributed by atoms with E-state index in [0.29, 0.717) is 24.6 Å². The molecule has 0 spiro atoms. The maximum absolute atomic E-state index is 12.8. The molecule has 3 rings (SSSR count). The number of aromatic nitrogens is 1. The Bertz CT molecular complexity index is 822. The molecule has 0 aliphatic carbocycles. The van der Waals surface area contributed by atoms with Crippen LogP contribution in [0.1, 0.15) is 11.3 Å². The highest BCUT2D eigenvalue weighted by Crippen LogP contribution is 2.32. The molecular formula is C17H16BrF3N4O. The average Bonchev–Trinajstić information content (AvgIpc) is 2.51. The number of anilines is 2. The summed E-state index contributed by atoms with van der Waals surface area (Å²) in [6.07, 6.45) is -4.40. The first-order valence-corrected chi connectivity index (χ1v) is 8.65. The fourth-order valence-corrected chi connectivity index (χ4v) is 3.07. The van der Waals surface area contributed by atoms with Crippen LogP contribution in [0.4, 0.5) is 29.5 Å². The Balaban J connectivity index is 1.54. The predicted molar refractivity (Wildman–Crippen MR) is 96.3 cm³/mol. The largest absolute Gasteiger partial charge is 0.418 e. The lowest BCUT2D eigenvalue weighted by Gasteiger charge is -2.40. The second-order valence-electron chi connectivity index (χ2n) is 5.98. The summed E-state index contributed by atoms with van der Waals surface area (Å²) >= 11 is 3.35. The molecule has 5 nitrogen and oxygen atoms in total. The third kappa shape index (κ3) is 4.09. The van der Waals surface area contributed by atoms with Crippen molar-refractivity contribution in [1.82, 2.24) is 10.3 Å². The number of aryl methyl sites for hydroxylation is 1. The topological polar surface area (TPSA) is 57.3 Å². The van der Waals surface area contributed by atoms with Crippen molar-refractivity contribution in [3.05, 3.63) is 52.1 Å². The maximum Gasteiger partial charge on any atom is 0.418 e. The van der Waals surface area contributed by atoms with Crippen molar-refractivity contribution in [2.45, 2.75) is 19.1 Å². The van der Waals surface area contributed by atoms with Crippen LogP contribution in [-0.4, -0.2) is 30.1 Å². The molecular weight excluding hydrogens is 413 g/mol. The van der Waals surface area contributed by atoms with Crippen LogP contribution in [0.3, 0.4) is 0 Å². The minimum absolute atomic E-state index is 0.0573. The van der Waals surface area contributed by atoms with Crippen LogP contribution >= 0.6 is 15.9 Å². The van der Waals surface area contributed by atoms with Crippen LogP contribution in [-0.2, 0) is 6.18 Å². The molecule has 0 unspecified atom stereocenters. The smallest absolute Gasteiger partial charge is 0.352 e. The monoisotopic (exact) mass is 428 g/mol. The van der Waals surface area contributed by atoms with Crippen molar-refractivity contribution < 1.29 is 18.0 Å². The maximum atomic E-state index is 12.8. The van der Waals surface area contributed by atoms with Gasteiger partial charge in [-0.3, -0.25) is 0 Å². The standard InChI is InChI=1S/C17H16BrF3N4O/c1-10-12(17(19,20)21)6-7-15(22-10)25-8-11(9-25)23-16(26)24-14-5-3-2-4-13(14)18/h2-7,11H,8-9H2,1H3,(H2,23,24,26). The zero-order chi connectivity index (χ0) is 18.9. The van der Waals surface area contributed by atoms with E-state index in [-0.39, 0.29) is 17.8 Å². The molecule has 26 heavy (non-hydrogen) atoms. The molecule has 2 amide bonds. The molecule has 1 fully saturated rings. The normalized spacial score (nSPS) is 14.7. The number of hydrogen-bond acceptors (Lipinski definition) is 3. The van der Waals surface area contributed by atoms with Gasteiger partial charge in [0.05, 0.1) is 23.0 Å². The molecule has 0 saturated carbocycles. The second-order valence-corrected chi connectivity index (χ2v) is 6.83. The van der Waals surface area contributed by atoms with Gasteiger partial charge in [-0.1, -0.05) is 12.1 Å². The summed E-state index contributed by atoms with van der Waals surface area (Å²) in [6.45, 7) is 2.31. The third-order valence-corrected chi connectivity index (χ3v) is 4.73. The van der Waals surface area contributed by atoms with E-state index < -0.39 is 11.7 Å². The molecule has 1 aromatic carbocycles. The number of rotatable bonds is 3. The van der Waals surface area contributed by atoms with Crippen LogP contribution in [0.15, 0.2) is 40.9 Å². The van der Waals surface area contributed by atoms with Gasteiger partial charge in [0.25, 0.3) is 0 Å². The highest BCUT2D eigenvalue weighted by atomic mass is 79.9. The Morgan fingerprint density at radius 1 is 1.23 bits per heavy atom. The Labute approximate surface area is 156 Å². The fraction of sp³-hybridized carbons (Fsp3) is 0.294. The van der Waals surface area contributed by atoms with Gasteiger partial charge in [-0.15, -0.1) is 0 Å². The molecule has 2 aromatic rings. The van der Waals surface area contributed by atoms with Gasteiger partial charge in [0.1, 0.15) is 5.82 Å². The first-order chi connectivity index (χ1) is 12.2. The number of urea groups is 1. The number of carbonyl (C=O) groups is 1. The van der Waals surface area contributed by atoms with Gasteiger partial charge >= 0.3 is 12.2 Å². The minimum atomic E-state index is -4.40. The van der Waals surface area contributed by atoms with Crippen LogP contribution in [0.25, 0.3) is 0 Å². The number of alkyl halides is 3. The first kappa shape index (κ1) is 18.5. The summed E-state index contributed by atoms with van der Waals surface area (Å²) in [5.74, 6) is 0.472. The summed E-state index contributed by atoms with van der Waals surface area (Å²) < 4.78 is 39.1. The molecule has 1 aromatic heterocycles. The molecule has 1 saturated heterocycles. The number of para-hydroxylation sites is 1. The highest BCUT2D eigenvalue weighted by molar-refractivity contribution is 9.10. The highest BCUT2D eigenvalue weighted by Gasteiger charge is 2.34. The van der Waals surface area contributed by atoms with Gasteiger partial charge in [-0.25, -0.2) is 9.78 Å². The first-order valence-electron chi connectivity index (χ1n) is 7.86. The quantitative estimate of drug-likeness (QED) is 0.770. The molecule has 1 aliphatic heterocycles. The Kier molecular flexibility index (Phi) is 5.08. The van der Waals surface area contributed by atoms with E-state index in [1.165, 1.54) is 13.0 Å². The third-order valence-electron chi connectivity index (χ3n) is 4.04. The summed E-state index contributed by atoms with van der Waals surface area (Å²) in [4.78, 5) is 17.9. The molecule has 138 valence electrons. The number of amides is 2. The van der Waals surface area contributed by atoms with Gasteiger partial charge in [0.2, 0.25) is 0 Å². The Hall–Kier alpha value is -2.29. The minimum Gasteiger partial charge on any atom is -0.352 e. The van der Waals surface area contributed by atoms with Gasteiger partial charge in [0, 0.05) is 17.6 Å². The van der Waals surface area contributed by atoms with E-state index >= 15 is 0 Å². The molecule has 9 heteroatoms. The number of carbonyl (C=O) groups excluding carboxylic acids is 1. The van der Waals surface area contributed by atoms with Crippen molar-refractivity contribution in [2.24, 2.45) is 0 Å². The second kappa shape index (κ2) is 7.14. The van der Waals surface area contributed by atoms with Crippen molar-refractivity contribution in [3.63, 3.8) is 0 Å². The van der Waals surface area contributed by atoms with Gasteiger partial charge in [-0.2, -0.15) is 13.2 Å². The van der Waals surface area contributed by atoms with Crippen LogP contribution < -0.4 is 15.5 Å². The zero-order valence-corrected chi connectivity index (χ0v) is 15.4. The van der Waals surface area contributed by atoms with E-state index in [4.69, 9.17) is 0 Å². The van der Waals surface area contributed by atoms with E-state index in [1.54, 1.807) is 6.07 Å². The average molecular weight is 429 g/mol. The number of pyridine rings is 1. The molecule has 0 radical (unpaired) electrons. The van der Waals surface area contributed by atoms with Crippen molar-refractivity contribution in [2.75, 3.05) is 23.3 Å². The zero-order valence-electron chi connectivity index (χ0n) is 13.8. The summed E-state index contributed by atoms with van der Waals surface area (Å²) in [7, 11) is 0. The van der Waals surface area contributed by atoms with E-state index in [0.717, 1.165) is 10.5 Å². The molecule has 0 bridgehead atoms. The number of benzene rings is 1. The van der Waals surface area contributed by atoms with Crippen molar-refractivity contribution in [1.29, 1.82) is 0 Å². The summed E-state index contributed by atoms with van der Waals surface area (Å²) in [6, 6.07) is 9.20. The number of hydrogen-bond donors (Lipinski definition) is 2. The molecule has 0 atom stereocenters. The summed E-state index contributed by atoms with van der Waals surface area (Å²) in [5.41, 5.74) is -0.136. The van der Waals surface area contributed by atoms with Gasteiger partial charge in [0.15, 0.2) is 0 Å². The lowest BCUT2D eigenvalue weighted by atomic mass is 10.1. The van der Waals surface area contributed by atoms with Crippen LogP contribution in [0, 0.1) is 6.92 Å². The van der Waals surface area contributed by atoms with Crippen molar-refractivity contribution >= 4 is 33.5 Å². The van der Waals surface area contributed by atoms with E-state index in [9.17, 15) is 18.0 Å². The molecule has 1 aliphatic rings. The number of halogens is 4. The Morgan fingerprint density at radius 2 is 1.92 bits per heavy atom. The SMILES string of the molecule is Cc1nc(N2CC(NC(=O)Nc3ccccc3Br)C2)ccc1C(F)(F)F. The number of nitrogens with zero attached hydrogens (tertiary/aromatic N) is 2. The predicted octanol–water partition coefficient (Wildman–Crippen LogP) is 4.18. The lowest BCUT2D eigenvalue weighted by Crippen LogP contribution is -2.60. The van der Waals surface area contributed by atoms with E-state index in [1.807, 2.05) is 23.1 Å². The van der Waals surface area contributed by atoms with Gasteiger partial charge < -0.3 is 15.5 Å². The lowest BCUT2D eigenvalue weighted by molar-refractivity contribution is -0.138. The molecule has 2 N–H and O–H groups in total. The fourth-order valence-electron chi connectivity index (χ4n) is 2.69.